The fourth-order valence-electron chi connectivity index (χ4n) is 6.63. The van der Waals surface area contributed by atoms with Crippen molar-refractivity contribution in [2.24, 2.45) is 0 Å². The van der Waals surface area contributed by atoms with Gasteiger partial charge in [0.2, 0.25) is 5.69 Å². The molecule has 0 unspecified atom stereocenters. The lowest BCUT2D eigenvalue weighted by Gasteiger charge is -2.29. The van der Waals surface area contributed by atoms with Gasteiger partial charge >= 0.3 is 0 Å². The molecule has 0 saturated heterocycles. The number of benzene rings is 8. The molecule has 0 aliphatic rings. The van der Waals surface area contributed by atoms with E-state index in [1.165, 1.54) is 12.1 Å². The van der Waals surface area contributed by atoms with E-state index in [2.05, 4.69) is 58.3 Å². The van der Waals surface area contributed by atoms with Gasteiger partial charge in [-0.2, -0.15) is 5.26 Å². The van der Waals surface area contributed by atoms with Gasteiger partial charge in [-0.15, -0.1) is 0 Å². The molecule has 8 aromatic carbocycles. The Morgan fingerprint density at radius 2 is 1.00 bits per heavy atom. The summed E-state index contributed by atoms with van der Waals surface area (Å²) >= 11 is 0. The fourth-order valence-corrected chi connectivity index (χ4v) is 6.63. The van der Waals surface area contributed by atoms with Crippen molar-refractivity contribution in [3.05, 3.63) is 174 Å². The third-order valence-corrected chi connectivity index (χ3v) is 8.77. The van der Waals surface area contributed by atoms with Gasteiger partial charge in [-0.25, -0.2) is 13.6 Å². The van der Waals surface area contributed by atoms with Gasteiger partial charge in [0, 0.05) is 33.5 Å². The molecule has 0 heterocycles. The van der Waals surface area contributed by atoms with Gasteiger partial charge in [0.1, 0.15) is 17.7 Å². The van der Waals surface area contributed by atoms with Gasteiger partial charge in [0.15, 0.2) is 0 Å². The molecule has 0 atom stereocenters. The minimum atomic E-state index is -0.565. The quantitative estimate of drug-likeness (QED) is 0.137. The van der Waals surface area contributed by atoms with Gasteiger partial charge in [-0.1, -0.05) is 72.8 Å². The molecular formula is C42H24F2N4. The smallest absolute Gasteiger partial charge is 0.224 e. The van der Waals surface area contributed by atoms with Crippen molar-refractivity contribution in [2.75, 3.05) is 9.80 Å². The van der Waals surface area contributed by atoms with E-state index in [-0.39, 0.29) is 11.3 Å². The second-order valence-electron chi connectivity index (χ2n) is 11.5. The molecule has 0 aliphatic carbocycles. The summed E-state index contributed by atoms with van der Waals surface area (Å²) in [4.78, 5) is 7.53. The molecular weight excluding hydrogens is 598 g/mol. The van der Waals surface area contributed by atoms with Gasteiger partial charge in [0.25, 0.3) is 0 Å². The minimum Gasteiger partial charge on any atom is -0.311 e. The monoisotopic (exact) mass is 622 g/mol. The number of rotatable bonds is 6. The summed E-state index contributed by atoms with van der Waals surface area (Å²) in [5.41, 5.74) is 4.76. The normalized spacial score (nSPS) is 11.1. The lowest BCUT2D eigenvalue weighted by Crippen LogP contribution is -2.11. The van der Waals surface area contributed by atoms with Crippen LogP contribution < -0.4 is 9.80 Å². The molecule has 8 rings (SSSR count). The van der Waals surface area contributed by atoms with E-state index in [1.807, 2.05) is 71.6 Å². The van der Waals surface area contributed by atoms with Gasteiger partial charge in [-0.3, -0.25) is 0 Å². The molecule has 0 aromatic heterocycles. The third-order valence-electron chi connectivity index (χ3n) is 8.77. The number of halogens is 2. The second-order valence-corrected chi connectivity index (χ2v) is 11.5. The molecule has 48 heavy (non-hydrogen) atoms. The molecule has 0 fully saturated rings. The van der Waals surface area contributed by atoms with Crippen molar-refractivity contribution in [3.63, 3.8) is 0 Å². The standard InChI is InChI=1S/C42H24F2N4/c1-46-38-25-33(17-21-37(38)44)48(31-10-6-3-7-11-31)40-23-15-28-12-18-34-39(22-14-27-13-19-35(40)42(28)41(27)34)47(30-8-4-2-5-9-30)32-16-20-36(43)29(24-32)26-45/h2-25H. The van der Waals surface area contributed by atoms with Crippen molar-refractivity contribution >= 4 is 72.1 Å². The van der Waals surface area contributed by atoms with E-state index in [0.717, 1.165) is 55.1 Å². The number of para-hydroxylation sites is 2. The summed E-state index contributed by atoms with van der Waals surface area (Å²) in [5.74, 6) is -1.12. The first kappa shape index (κ1) is 28.7. The summed E-state index contributed by atoms with van der Waals surface area (Å²) in [7, 11) is 0. The van der Waals surface area contributed by atoms with Crippen LogP contribution in [0.5, 0.6) is 0 Å². The lowest BCUT2D eigenvalue weighted by molar-refractivity contribution is 0.624. The van der Waals surface area contributed by atoms with E-state index >= 15 is 0 Å². The van der Waals surface area contributed by atoms with Crippen molar-refractivity contribution in [2.45, 2.75) is 0 Å². The highest BCUT2D eigenvalue weighted by atomic mass is 19.1. The zero-order valence-corrected chi connectivity index (χ0v) is 25.4. The third kappa shape index (κ3) is 4.64. The first-order valence-electron chi connectivity index (χ1n) is 15.3. The Labute approximate surface area is 275 Å². The molecule has 226 valence electrons. The highest BCUT2D eigenvalue weighted by Gasteiger charge is 2.22. The molecule has 0 spiro atoms. The molecule has 0 bridgehead atoms. The van der Waals surface area contributed by atoms with Crippen LogP contribution in [0.2, 0.25) is 0 Å². The second kappa shape index (κ2) is 11.6. The predicted molar refractivity (Wildman–Crippen MR) is 190 cm³/mol. The van der Waals surface area contributed by atoms with Crippen molar-refractivity contribution in [1.29, 1.82) is 5.26 Å². The van der Waals surface area contributed by atoms with Crippen LogP contribution >= 0.6 is 0 Å². The van der Waals surface area contributed by atoms with E-state index in [1.54, 1.807) is 24.3 Å². The molecule has 6 heteroatoms. The topological polar surface area (TPSA) is 34.6 Å². The SMILES string of the molecule is [C-]#[N+]c1cc(N(c2ccccc2)c2ccc3ccc4c(N(c5ccccc5)c5ccc(F)c(C#N)c5)ccc5ccc2c3c54)ccc1F. The Kier molecular flexibility index (Phi) is 6.91. The van der Waals surface area contributed by atoms with Crippen LogP contribution in [-0.2, 0) is 0 Å². The average Bonchev–Trinajstić information content (AvgIpc) is 3.14. The highest BCUT2D eigenvalue weighted by molar-refractivity contribution is 6.28. The molecule has 0 saturated carbocycles. The number of nitriles is 1. The van der Waals surface area contributed by atoms with Gasteiger partial charge in [-0.05, 0) is 94.3 Å². The van der Waals surface area contributed by atoms with Crippen LogP contribution in [0.25, 0.3) is 37.2 Å². The van der Waals surface area contributed by atoms with Crippen LogP contribution in [0.3, 0.4) is 0 Å². The summed E-state index contributed by atoms with van der Waals surface area (Å²) in [6.07, 6.45) is 0. The number of hydrogen-bond donors (Lipinski definition) is 0. The minimum absolute atomic E-state index is 0.0287. The summed E-state index contributed by atoms with van der Waals surface area (Å²) in [6.45, 7) is 7.54. The van der Waals surface area contributed by atoms with E-state index in [4.69, 9.17) is 6.57 Å². The van der Waals surface area contributed by atoms with Crippen LogP contribution in [0.4, 0.5) is 48.6 Å². The maximum Gasteiger partial charge on any atom is 0.224 e. The largest absolute Gasteiger partial charge is 0.311 e. The zero-order chi connectivity index (χ0) is 32.8. The zero-order valence-electron chi connectivity index (χ0n) is 25.4. The van der Waals surface area contributed by atoms with Crippen molar-refractivity contribution in [3.8, 4) is 6.07 Å². The summed E-state index contributed by atoms with van der Waals surface area (Å²) in [5, 5.41) is 15.8. The van der Waals surface area contributed by atoms with E-state index < -0.39 is 11.6 Å². The van der Waals surface area contributed by atoms with Crippen molar-refractivity contribution in [1.82, 2.24) is 0 Å². The maximum absolute atomic E-state index is 14.5. The predicted octanol–water partition coefficient (Wildman–Crippen LogP) is 12.2. The maximum atomic E-state index is 14.5. The molecule has 4 nitrogen and oxygen atoms in total. The lowest BCUT2D eigenvalue weighted by atomic mass is 9.91. The Morgan fingerprint density at radius 3 is 1.50 bits per heavy atom. The van der Waals surface area contributed by atoms with Crippen molar-refractivity contribution < 1.29 is 8.78 Å². The van der Waals surface area contributed by atoms with Gasteiger partial charge < -0.3 is 9.80 Å². The summed E-state index contributed by atoms with van der Waals surface area (Å²) < 4.78 is 29.0. The Bertz CT molecular complexity index is 2390. The van der Waals surface area contributed by atoms with E-state index in [0.29, 0.717) is 11.4 Å². The van der Waals surface area contributed by atoms with E-state index in [9.17, 15) is 14.0 Å². The highest BCUT2D eigenvalue weighted by Crippen LogP contribution is 2.47. The first-order valence-corrected chi connectivity index (χ1v) is 15.3. The number of anilines is 6. The summed E-state index contributed by atoms with van der Waals surface area (Å²) in [6, 6.07) is 47.6. The molecule has 0 N–H and O–H groups in total. The molecule has 0 amide bonds. The molecule has 0 radical (unpaired) electrons. The fraction of sp³-hybridized carbons (Fsp3) is 0. The number of hydrogen-bond acceptors (Lipinski definition) is 3. The average molecular weight is 623 g/mol. The van der Waals surface area contributed by atoms with Crippen LogP contribution in [0, 0.1) is 29.5 Å². The van der Waals surface area contributed by atoms with Gasteiger partial charge in [0.05, 0.1) is 23.5 Å². The molecule has 8 aromatic rings. The Hall–Kier alpha value is -6.76. The van der Waals surface area contributed by atoms with Crippen LogP contribution in [-0.4, -0.2) is 0 Å². The van der Waals surface area contributed by atoms with Crippen LogP contribution in [0.15, 0.2) is 146 Å². The van der Waals surface area contributed by atoms with Crippen LogP contribution in [0.1, 0.15) is 5.56 Å². The Morgan fingerprint density at radius 1 is 0.521 bits per heavy atom. The number of nitrogens with zero attached hydrogens (tertiary/aromatic N) is 4. The molecule has 0 aliphatic heterocycles. The first-order chi connectivity index (χ1) is 23.6. The Balaban J connectivity index is 1.41.